The Bertz CT molecular complexity index is 709. The summed E-state index contributed by atoms with van der Waals surface area (Å²) < 4.78 is 2.04. The van der Waals surface area contributed by atoms with E-state index in [-0.39, 0.29) is 11.9 Å². The third-order valence-corrected chi connectivity index (χ3v) is 4.58. The molecule has 2 aromatic heterocycles. The summed E-state index contributed by atoms with van der Waals surface area (Å²) in [6.07, 6.45) is 6.77. The molecule has 1 aliphatic heterocycles. The molecule has 1 fully saturated rings. The van der Waals surface area contributed by atoms with Crippen molar-refractivity contribution in [3.8, 4) is 5.82 Å². The normalized spacial score (nSPS) is 18.0. The highest BCUT2D eigenvalue weighted by atomic mass is 16.2. The lowest BCUT2D eigenvalue weighted by atomic mass is 10.1. The predicted octanol–water partition coefficient (Wildman–Crippen LogP) is 2.05. The first kappa shape index (κ1) is 16.6. The second-order valence-electron chi connectivity index (χ2n) is 6.40. The van der Waals surface area contributed by atoms with Gasteiger partial charge in [0.2, 0.25) is 5.91 Å². The van der Waals surface area contributed by atoms with Crippen LogP contribution < -0.4 is 0 Å². The van der Waals surface area contributed by atoms with Crippen LogP contribution in [0, 0.1) is 0 Å². The van der Waals surface area contributed by atoms with Crippen LogP contribution >= 0.6 is 0 Å². The molecule has 0 spiro atoms. The van der Waals surface area contributed by atoms with Crippen LogP contribution in [0.15, 0.2) is 30.6 Å². The molecule has 1 saturated heterocycles. The number of imidazole rings is 1. The van der Waals surface area contributed by atoms with Crippen molar-refractivity contribution in [1.82, 2.24) is 24.3 Å². The highest BCUT2D eigenvalue weighted by Crippen LogP contribution is 2.31. The molecule has 3 heterocycles. The van der Waals surface area contributed by atoms with Crippen molar-refractivity contribution in [3.05, 3.63) is 42.1 Å². The Hall–Kier alpha value is -2.21. The number of hydrogen-bond acceptors (Lipinski definition) is 4. The van der Waals surface area contributed by atoms with E-state index in [0.29, 0.717) is 6.54 Å². The molecule has 3 rings (SSSR count). The average molecular weight is 327 g/mol. The van der Waals surface area contributed by atoms with E-state index in [4.69, 9.17) is 4.98 Å². The van der Waals surface area contributed by atoms with Crippen LogP contribution in [-0.4, -0.2) is 57.4 Å². The Morgan fingerprint density at radius 1 is 1.38 bits per heavy atom. The fourth-order valence-corrected chi connectivity index (χ4v) is 3.23. The fourth-order valence-electron chi connectivity index (χ4n) is 3.23. The molecule has 0 saturated carbocycles. The van der Waals surface area contributed by atoms with Crippen molar-refractivity contribution in [1.29, 1.82) is 0 Å². The van der Waals surface area contributed by atoms with E-state index in [9.17, 15) is 4.79 Å². The molecule has 0 N–H and O–H groups in total. The van der Waals surface area contributed by atoms with Crippen molar-refractivity contribution < 1.29 is 4.79 Å². The minimum absolute atomic E-state index is 0.140. The molecule has 0 aliphatic carbocycles. The minimum Gasteiger partial charge on any atom is -0.348 e. The van der Waals surface area contributed by atoms with Crippen LogP contribution in [0.2, 0.25) is 0 Å². The highest BCUT2D eigenvalue weighted by Gasteiger charge is 2.29. The van der Waals surface area contributed by atoms with E-state index in [2.05, 4.69) is 22.9 Å². The summed E-state index contributed by atoms with van der Waals surface area (Å²) in [6, 6.07) is 6.33. The van der Waals surface area contributed by atoms with Gasteiger partial charge in [0.15, 0.2) is 0 Å². The molecule has 0 radical (unpaired) electrons. The quantitative estimate of drug-likeness (QED) is 0.843. The second kappa shape index (κ2) is 7.13. The number of carbonyl (C=O) groups excluding carboxylic acids is 1. The maximum Gasteiger partial charge on any atom is 0.236 e. The van der Waals surface area contributed by atoms with E-state index in [1.165, 1.54) is 0 Å². The number of amides is 1. The van der Waals surface area contributed by atoms with Gasteiger partial charge < -0.3 is 4.90 Å². The summed E-state index contributed by atoms with van der Waals surface area (Å²) >= 11 is 0. The standard InChI is InChI=1S/C18H25N5O/c1-4-16-19-10-12-23(16)17-9-5-7-14(20-17)15-8-6-11-22(15)13-18(24)21(2)3/h5,7,9-10,12,15H,4,6,8,11,13H2,1-3H3. The van der Waals surface area contributed by atoms with Gasteiger partial charge in [-0.3, -0.25) is 14.3 Å². The van der Waals surface area contributed by atoms with Gasteiger partial charge in [0.1, 0.15) is 11.6 Å². The van der Waals surface area contributed by atoms with E-state index in [0.717, 1.165) is 43.1 Å². The lowest BCUT2D eigenvalue weighted by Gasteiger charge is -2.25. The second-order valence-corrected chi connectivity index (χ2v) is 6.40. The molecular weight excluding hydrogens is 302 g/mol. The number of rotatable bonds is 5. The molecule has 2 aromatic rings. The van der Waals surface area contributed by atoms with E-state index in [1.54, 1.807) is 19.0 Å². The van der Waals surface area contributed by atoms with Crippen LogP contribution in [0.1, 0.15) is 37.3 Å². The predicted molar refractivity (Wildman–Crippen MR) is 93.0 cm³/mol. The number of aromatic nitrogens is 3. The molecule has 0 aromatic carbocycles. The van der Waals surface area contributed by atoms with Crippen LogP contribution in [0.3, 0.4) is 0 Å². The van der Waals surface area contributed by atoms with E-state index >= 15 is 0 Å². The molecule has 6 nitrogen and oxygen atoms in total. The summed E-state index contributed by atoms with van der Waals surface area (Å²) in [4.78, 5) is 25.2. The maximum absolute atomic E-state index is 12.1. The van der Waals surface area contributed by atoms with Crippen molar-refractivity contribution in [2.75, 3.05) is 27.2 Å². The zero-order chi connectivity index (χ0) is 17.1. The van der Waals surface area contributed by atoms with Crippen LogP contribution in [0.5, 0.6) is 0 Å². The Morgan fingerprint density at radius 2 is 2.21 bits per heavy atom. The maximum atomic E-state index is 12.1. The van der Waals surface area contributed by atoms with Crippen molar-refractivity contribution in [3.63, 3.8) is 0 Å². The Labute approximate surface area is 143 Å². The van der Waals surface area contributed by atoms with Gasteiger partial charge in [-0.25, -0.2) is 9.97 Å². The molecule has 24 heavy (non-hydrogen) atoms. The molecule has 1 unspecified atom stereocenters. The summed E-state index contributed by atoms with van der Waals surface area (Å²) in [5, 5.41) is 0. The smallest absolute Gasteiger partial charge is 0.236 e. The van der Waals surface area contributed by atoms with E-state index < -0.39 is 0 Å². The third kappa shape index (κ3) is 3.33. The van der Waals surface area contributed by atoms with Gasteiger partial charge in [0, 0.05) is 32.9 Å². The summed E-state index contributed by atoms with van der Waals surface area (Å²) in [5.41, 5.74) is 1.03. The van der Waals surface area contributed by atoms with Crippen LogP contribution in [0.25, 0.3) is 5.82 Å². The molecular formula is C18H25N5O. The van der Waals surface area contributed by atoms with E-state index in [1.807, 2.05) is 29.1 Å². The summed E-state index contributed by atoms with van der Waals surface area (Å²) in [7, 11) is 3.61. The highest BCUT2D eigenvalue weighted by molar-refractivity contribution is 5.77. The fraction of sp³-hybridized carbons (Fsp3) is 0.500. The van der Waals surface area contributed by atoms with Gasteiger partial charge in [-0.1, -0.05) is 13.0 Å². The van der Waals surface area contributed by atoms with Gasteiger partial charge in [-0.05, 0) is 31.5 Å². The van der Waals surface area contributed by atoms with Gasteiger partial charge in [0.05, 0.1) is 18.3 Å². The Kier molecular flexibility index (Phi) is 4.94. The Balaban J connectivity index is 1.84. The summed E-state index contributed by atoms with van der Waals surface area (Å²) in [6.45, 7) is 3.49. The summed E-state index contributed by atoms with van der Waals surface area (Å²) in [5.74, 6) is 2.04. The number of carbonyl (C=O) groups is 1. The molecule has 1 atom stereocenters. The SMILES string of the molecule is CCc1nccn1-c1cccc(C2CCCN2CC(=O)N(C)C)n1. The largest absolute Gasteiger partial charge is 0.348 e. The average Bonchev–Trinajstić information content (AvgIpc) is 3.23. The molecule has 1 amide bonds. The van der Waals surface area contributed by atoms with Crippen molar-refractivity contribution >= 4 is 5.91 Å². The van der Waals surface area contributed by atoms with Gasteiger partial charge >= 0.3 is 0 Å². The number of likely N-dealkylation sites (tertiary alicyclic amines) is 1. The topological polar surface area (TPSA) is 54.3 Å². The van der Waals surface area contributed by atoms with Crippen LogP contribution in [-0.2, 0) is 11.2 Å². The van der Waals surface area contributed by atoms with Crippen molar-refractivity contribution in [2.24, 2.45) is 0 Å². The van der Waals surface area contributed by atoms with Crippen molar-refractivity contribution in [2.45, 2.75) is 32.2 Å². The molecule has 0 bridgehead atoms. The first-order valence-corrected chi connectivity index (χ1v) is 8.54. The number of likely N-dealkylation sites (N-methyl/N-ethyl adjacent to an activating group) is 1. The zero-order valence-corrected chi connectivity index (χ0v) is 14.6. The lowest BCUT2D eigenvalue weighted by molar-refractivity contribution is -0.130. The number of pyridine rings is 1. The number of hydrogen-bond donors (Lipinski definition) is 0. The Morgan fingerprint density at radius 3 is 2.96 bits per heavy atom. The first-order chi connectivity index (χ1) is 11.6. The molecule has 6 heteroatoms. The number of nitrogens with zero attached hydrogens (tertiary/aromatic N) is 5. The van der Waals surface area contributed by atoms with Gasteiger partial charge in [-0.2, -0.15) is 0 Å². The van der Waals surface area contributed by atoms with Crippen LogP contribution in [0.4, 0.5) is 0 Å². The van der Waals surface area contributed by atoms with Gasteiger partial charge in [0.25, 0.3) is 0 Å². The zero-order valence-electron chi connectivity index (χ0n) is 14.6. The van der Waals surface area contributed by atoms with Gasteiger partial charge in [-0.15, -0.1) is 0 Å². The molecule has 1 aliphatic rings. The lowest BCUT2D eigenvalue weighted by Crippen LogP contribution is -2.36. The third-order valence-electron chi connectivity index (χ3n) is 4.58. The minimum atomic E-state index is 0.140. The first-order valence-electron chi connectivity index (χ1n) is 8.54. The monoisotopic (exact) mass is 327 g/mol. The number of aryl methyl sites for hydroxylation is 1. The molecule has 128 valence electrons.